The molecule has 0 heterocycles. The number of rotatable bonds is 8. The summed E-state index contributed by atoms with van der Waals surface area (Å²) in [4.78, 5) is -0.0761. The molecule has 1 aromatic rings. The van der Waals surface area contributed by atoms with Crippen LogP contribution in [0.5, 0.6) is 0 Å². The highest BCUT2D eigenvalue weighted by Gasteiger charge is 2.33. The molecule has 0 bridgehead atoms. The second-order valence-electron chi connectivity index (χ2n) is 4.45. The summed E-state index contributed by atoms with van der Waals surface area (Å²) in [5.41, 5.74) is 0. The highest BCUT2D eigenvalue weighted by molar-refractivity contribution is 7.89. The van der Waals surface area contributed by atoms with Gasteiger partial charge in [-0.05, 0) is 12.1 Å². The molecule has 0 fully saturated rings. The minimum Gasteiger partial charge on any atom is -0.395 e. The highest BCUT2D eigenvalue weighted by atomic mass is 32.2. The van der Waals surface area contributed by atoms with E-state index in [1.165, 1.54) is 24.3 Å². The van der Waals surface area contributed by atoms with Crippen molar-refractivity contribution in [3.63, 3.8) is 0 Å². The Kier molecular flexibility index (Phi) is 6.68. The molecule has 0 saturated carbocycles. The third kappa shape index (κ3) is 4.71. The van der Waals surface area contributed by atoms with Gasteiger partial charge in [0.15, 0.2) is 0 Å². The van der Waals surface area contributed by atoms with Crippen LogP contribution in [0.1, 0.15) is 0 Å². The Labute approximate surface area is 122 Å². The van der Waals surface area contributed by atoms with Crippen LogP contribution >= 0.6 is 0 Å². The Morgan fingerprint density at radius 1 is 0.952 bits per heavy atom. The number of aliphatic hydroxyl groups excluding tert-OH is 5. The van der Waals surface area contributed by atoms with Crippen LogP contribution in [0.15, 0.2) is 35.2 Å². The van der Waals surface area contributed by atoms with E-state index in [9.17, 15) is 23.7 Å². The summed E-state index contributed by atoms with van der Waals surface area (Å²) >= 11 is 0. The molecule has 9 heteroatoms. The summed E-state index contributed by atoms with van der Waals surface area (Å²) in [6, 6.07) is 5.83. The Morgan fingerprint density at radius 3 is 2.00 bits per heavy atom. The maximum Gasteiger partial charge on any atom is 0.240 e. The predicted molar refractivity (Wildman–Crippen MR) is 72.7 cm³/mol. The molecule has 1 aromatic carbocycles. The van der Waals surface area contributed by atoms with E-state index in [4.69, 9.17) is 10.2 Å². The van der Waals surface area contributed by atoms with Crippen molar-refractivity contribution in [2.75, 3.05) is 13.2 Å². The number of nitrogens with one attached hydrogen (secondary N) is 1. The first-order valence-electron chi connectivity index (χ1n) is 6.16. The van der Waals surface area contributed by atoms with Gasteiger partial charge in [0, 0.05) is 0 Å². The van der Waals surface area contributed by atoms with Crippen LogP contribution in [0.2, 0.25) is 0 Å². The topological polar surface area (TPSA) is 147 Å². The smallest absolute Gasteiger partial charge is 0.240 e. The number of sulfonamides is 1. The van der Waals surface area contributed by atoms with Gasteiger partial charge in [0.1, 0.15) is 18.3 Å². The van der Waals surface area contributed by atoms with Gasteiger partial charge >= 0.3 is 0 Å². The van der Waals surface area contributed by atoms with E-state index in [1.807, 2.05) is 4.72 Å². The molecule has 0 radical (unpaired) electrons. The van der Waals surface area contributed by atoms with Crippen LogP contribution in [0.3, 0.4) is 0 Å². The van der Waals surface area contributed by atoms with Crippen molar-refractivity contribution in [3.8, 4) is 0 Å². The zero-order valence-electron chi connectivity index (χ0n) is 11.1. The number of aliphatic hydroxyl groups is 5. The third-order valence-corrected chi connectivity index (χ3v) is 4.41. The number of hydrogen-bond acceptors (Lipinski definition) is 7. The summed E-state index contributed by atoms with van der Waals surface area (Å²) in [7, 11) is -4.01. The largest absolute Gasteiger partial charge is 0.395 e. The Balaban J connectivity index is 2.87. The van der Waals surface area contributed by atoms with E-state index in [0.29, 0.717) is 0 Å². The van der Waals surface area contributed by atoms with Gasteiger partial charge in [0.2, 0.25) is 10.0 Å². The highest BCUT2D eigenvalue weighted by Crippen LogP contribution is 2.11. The summed E-state index contributed by atoms with van der Waals surface area (Å²) in [6.07, 6.45) is -5.27. The normalized spacial score (nSPS) is 18.0. The first kappa shape index (κ1) is 18.0. The zero-order chi connectivity index (χ0) is 16.0. The van der Waals surface area contributed by atoms with Gasteiger partial charge in [0.05, 0.1) is 24.2 Å². The second kappa shape index (κ2) is 7.80. The molecule has 21 heavy (non-hydrogen) atoms. The fourth-order valence-corrected chi connectivity index (χ4v) is 2.92. The van der Waals surface area contributed by atoms with Crippen molar-refractivity contribution in [1.29, 1.82) is 0 Å². The van der Waals surface area contributed by atoms with Crippen LogP contribution in [0.4, 0.5) is 0 Å². The van der Waals surface area contributed by atoms with Crippen molar-refractivity contribution in [2.45, 2.75) is 29.2 Å². The van der Waals surface area contributed by atoms with E-state index in [2.05, 4.69) is 0 Å². The minimum absolute atomic E-state index is 0.0761. The SMILES string of the molecule is O=S(=O)(N[C@@H](CO)[C@@H](O)[C@H](O)[C@H](O)CO)c1ccccc1. The zero-order valence-corrected chi connectivity index (χ0v) is 11.9. The van der Waals surface area contributed by atoms with Crippen LogP contribution in [-0.4, -0.2) is 71.5 Å². The molecular weight excluding hydrogens is 302 g/mol. The quantitative estimate of drug-likeness (QED) is 0.308. The standard InChI is InChI=1S/C12H19NO7S/c14-6-9(11(17)12(18)10(16)7-15)13-21(19,20)8-4-2-1-3-5-8/h1-5,9-18H,6-7H2/t9-,10+,11+,12+/m0/s1. The monoisotopic (exact) mass is 321 g/mol. The van der Waals surface area contributed by atoms with Crippen molar-refractivity contribution < 1.29 is 34.0 Å². The van der Waals surface area contributed by atoms with Gasteiger partial charge in [0.25, 0.3) is 0 Å². The maximum absolute atomic E-state index is 12.0. The minimum atomic E-state index is -4.01. The number of hydrogen-bond donors (Lipinski definition) is 6. The summed E-state index contributed by atoms with van der Waals surface area (Å²) in [5.74, 6) is 0. The Bertz CT molecular complexity index is 522. The lowest BCUT2D eigenvalue weighted by molar-refractivity contribution is -0.0891. The first-order valence-corrected chi connectivity index (χ1v) is 7.65. The van der Waals surface area contributed by atoms with Gasteiger partial charge in [-0.1, -0.05) is 18.2 Å². The van der Waals surface area contributed by atoms with Crippen LogP contribution < -0.4 is 4.72 Å². The molecule has 0 saturated heterocycles. The van der Waals surface area contributed by atoms with E-state index in [1.54, 1.807) is 6.07 Å². The molecule has 8 nitrogen and oxygen atoms in total. The van der Waals surface area contributed by atoms with Crippen molar-refractivity contribution in [3.05, 3.63) is 30.3 Å². The van der Waals surface area contributed by atoms with Gasteiger partial charge in [-0.25, -0.2) is 13.1 Å². The molecule has 0 aliphatic carbocycles. The van der Waals surface area contributed by atoms with Gasteiger partial charge in [-0.2, -0.15) is 0 Å². The van der Waals surface area contributed by atoms with Crippen LogP contribution in [0.25, 0.3) is 0 Å². The van der Waals surface area contributed by atoms with Crippen LogP contribution in [-0.2, 0) is 10.0 Å². The number of benzene rings is 1. The molecule has 6 N–H and O–H groups in total. The lowest BCUT2D eigenvalue weighted by atomic mass is 10.0. The summed E-state index contributed by atoms with van der Waals surface area (Å²) in [5, 5.41) is 46.4. The lowest BCUT2D eigenvalue weighted by Crippen LogP contribution is -2.54. The fourth-order valence-electron chi connectivity index (χ4n) is 1.66. The molecule has 0 spiro atoms. The van der Waals surface area contributed by atoms with Gasteiger partial charge in [-0.15, -0.1) is 0 Å². The van der Waals surface area contributed by atoms with Crippen molar-refractivity contribution >= 4 is 10.0 Å². The van der Waals surface area contributed by atoms with E-state index in [-0.39, 0.29) is 4.90 Å². The fraction of sp³-hybridized carbons (Fsp3) is 0.500. The van der Waals surface area contributed by atoms with Gasteiger partial charge < -0.3 is 25.5 Å². The third-order valence-electron chi connectivity index (χ3n) is 2.90. The average molecular weight is 321 g/mol. The molecule has 0 unspecified atom stereocenters. The van der Waals surface area contributed by atoms with E-state index < -0.39 is 47.6 Å². The molecule has 0 aliphatic heterocycles. The summed E-state index contributed by atoms with van der Waals surface area (Å²) in [6.45, 7) is -1.62. The van der Waals surface area contributed by atoms with Gasteiger partial charge in [-0.3, -0.25) is 0 Å². The molecule has 0 aromatic heterocycles. The Morgan fingerprint density at radius 2 is 1.52 bits per heavy atom. The second-order valence-corrected chi connectivity index (χ2v) is 6.17. The molecule has 4 atom stereocenters. The van der Waals surface area contributed by atoms with Crippen molar-refractivity contribution in [1.82, 2.24) is 4.72 Å². The molecule has 0 aliphatic rings. The average Bonchev–Trinajstić information content (AvgIpc) is 2.51. The molecular formula is C12H19NO7S. The Hall–Kier alpha value is -1.07. The van der Waals surface area contributed by atoms with Crippen LogP contribution in [0, 0.1) is 0 Å². The van der Waals surface area contributed by atoms with E-state index >= 15 is 0 Å². The predicted octanol–water partition coefficient (Wildman–Crippen LogP) is -2.60. The lowest BCUT2D eigenvalue weighted by Gasteiger charge is -2.28. The molecule has 120 valence electrons. The van der Waals surface area contributed by atoms with Crippen molar-refractivity contribution in [2.24, 2.45) is 0 Å². The summed E-state index contributed by atoms with van der Waals surface area (Å²) < 4.78 is 26.1. The van der Waals surface area contributed by atoms with E-state index in [0.717, 1.165) is 0 Å². The maximum atomic E-state index is 12.0. The molecule has 0 amide bonds. The first-order chi connectivity index (χ1) is 9.83. The molecule has 1 rings (SSSR count).